The molecule has 4 heteroatoms. The van der Waals surface area contributed by atoms with E-state index in [0.717, 1.165) is 47.9 Å². The van der Waals surface area contributed by atoms with Gasteiger partial charge in [-0.05, 0) is 49.4 Å². The summed E-state index contributed by atoms with van der Waals surface area (Å²) in [6.45, 7) is 0. The summed E-state index contributed by atoms with van der Waals surface area (Å²) in [5, 5.41) is 4.43. The number of amides is 1. The number of aromatic amines is 1. The van der Waals surface area contributed by atoms with Gasteiger partial charge in [0.15, 0.2) is 0 Å². The number of methoxy groups -OCH3 is 1. The molecule has 2 fully saturated rings. The van der Waals surface area contributed by atoms with Crippen LogP contribution in [0.5, 0.6) is 5.75 Å². The maximum Gasteiger partial charge on any atom is 0.230 e. The van der Waals surface area contributed by atoms with Gasteiger partial charge in [0, 0.05) is 23.1 Å². The van der Waals surface area contributed by atoms with Crippen LogP contribution in [0.1, 0.15) is 50.5 Å². The first-order chi connectivity index (χ1) is 11.2. The van der Waals surface area contributed by atoms with Crippen LogP contribution in [-0.2, 0) is 10.2 Å². The minimum Gasteiger partial charge on any atom is -0.497 e. The molecule has 0 atom stereocenters. The van der Waals surface area contributed by atoms with E-state index in [1.807, 2.05) is 24.4 Å². The summed E-state index contributed by atoms with van der Waals surface area (Å²) in [7, 11) is 1.68. The zero-order valence-corrected chi connectivity index (χ0v) is 13.7. The van der Waals surface area contributed by atoms with E-state index in [9.17, 15) is 4.79 Å². The molecule has 1 aromatic heterocycles. The van der Waals surface area contributed by atoms with Crippen molar-refractivity contribution in [2.75, 3.05) is 7.11 Å². The van der Waals surface area contributed by atoms with Crippen molar-refractivity contribution >= 4 is 16.8 Å². The van der Waals surface area contributed by atoms with Crippen LogP contribution in [0.2, 0.25) is 0 Å². The van der Waals surface area contributed by atoms with Gasteiger partial charge in [0.2, 0.25) is 5.91 Å². The molecule has 0 bridgehead atoms. The molecule has 1 heterocycles. The molecule has 4 rings (SSSR count). The fourth-order valence-electron chi connectivity index (χ4n) is 3.94. The minimum absolute atomic E-state index is 0.216. The monoisotopic (exact) mass is 312 g/mol. The number of rotatable bonds is 4. The van der Waals surface area contributed by atoms with Crippen LogP contribution in [-0.4, -0.2) is 24.0 Å². The third-order valence-corrected chi connectivity index (χ3v) is 5.53. The van der Waals surface area contributed by atoms with Crippen molar-refractivity contribution in [3.05, 3.63) is 30.0 Å². The lowest BCUT2D eigenvalue weighted by atomic mass is 9.91. The second-order valence-electron chi connectivity index (χ2n) is 7.00. The molecule has 2 saturated carbocycles. The van der Waals surface area contributed by atoms with Crippen LogP contribution < -0.4 is 10.1 Å². The fraction of sp³-hybridized carbons (Fsp3) is 0.526. The Kier molecular flexibility index (Phi) is 3.55. The summed E-state index contributed by atoms with van der Waals surface area (Å²) in [5.74, 6) is 1.05. The van der Waals surface area contributed by atoms with Gasteiger partial charge in [-0.1, -0.05) is 19.3 Å². The Morgan fingerprint density at radius 1 is 1.26 bits per heavy atom. The highest BCUT2D eigenvalue weighted by molar-refractivity contribution is 5.98. The number of ether oxygens (including phenoxy) is 1. The van der Waals surface area contributed by atoms with E-state index in [4.69, 9.17) is 4.74 Å². The summed E-state index contributed by atoms with van der Waals surface area (Å²) in [6.07, 6.45) is 9.93. The fourth-order valence-corrected chi connectivity index (χ4v) is 3.94. The van der Waals surface area contributed by atoms with Crippen molar-refractivity contribution in [1.82, 2.24) is 10.3 Å². The largest absolute Gasteiger partial charge is 0.497 e. The number of H-pyrrole nitrogens is 1. The predicted octanol–water partition coefficient (Wildman–Crippen LogP) is 3.66. The summed E-state index contributed by atoms with van der Waals surface area (Å²) < 4.78 is 5.35. The number of fused-ring (bicyclic) bond motifs is 1. The summed E-state index contributed by atoms with van der Waals surface area (Å²) in [5.41, 5.74) is 1.86. The topological polar surface area (TPSA) is 54.1 Å². The Morgan fingerprint density at radius 2 is 2.04 bits per heavy atom. The molecule has 1 amide bonds. The number of nitrogens with one attached hydrogen (secondary N) is 2. The van der Waals surface area contributed by atoms with Gasteiger partial charge >= 0.3 is 0 Å². The van der Waals surface area contributed by atoms with Crippen LogP contribution in [0.3, 0.4) is 0 Å². The smallest absolute Gasteiger partial charge is 0.230 e. The maximum absolute atomic E-state index is 12.9. The minimum atomic E-state index is -0.331. The quantitative estimate of drug-likeness (QED) is 0.905. The Morgan fingerprint density at radius 3 is 2.74 bits per heavy atom. The highest BCUT2D eigenvalue weighted by Crippen LogP contribution is 2.51. The number of hydrogen-bond donors (Lipinski definition) is 2. The third-order valence-electron chi connectivity index (χ3n) is 5.53. The van der Waals surface area contributed by atoms with Crippen molar-refractivity contribution in [2.24, 2.45) is 0 Å². The van der Waals surface area contributed by atoms with E-state index in [1.165, 1.54) is 19.3 Å². The summed E-state index contributed by atoms with van der Waals surface area (Å²) >= 11 is 0. The molecule has 0 unspecified atom stereocenters. The van der Waals surface area contributed by atoms with Gasteiger partial charge in [0.1, 0.15) is 5.75 Å². The van der Waals surface area contributed by atoms with Gasteiger partial charge in [-0.2, -0.15) is 0 Å². The molecule has 4 nitrogen and oxygen atoms in total. The van der Waals surface area contributed by atoms with E-state index in [0.29, 0.717) is 6.04 Å². The molecule has 122 valence electrons. The Bertz CT molecular complexity index is 724. The lowest BCUT2D eigenvalue weighted by molar-refractivity contribution is -0.124. The number of aromatic nitrogens is 1. The Balaban J connectivity index is 1.62. The van der Waals surface area contributed by atoms with Crippen LogP contribution >= 0.6 is 0 Å². The average Bonchev–Trinajstić information content (AvgIpc) is 3.29. The van der Waals surface area contributed by atoms with Gasteiger partial charge in [0.05, 0.1) is 12.5 Å². The van der Waals surface area contributed by atoms with Crippen LogP contribution in [0, 0.1) is 0 Å². The number of carbonyl (C=O) groups excluding carboxylic acids is 1. The summed E-state index contributed by atoms with van der Waals surface area (Å²) in [6, 6.07) is 6.38. The SMILES string of the molecule is COc1ccc2[nH]cc(C3(C(=O)NC4CCCCC4)CC3)c2c1. The molecule has 2 N–H and O–H groups in total. The van der Waals surface area contributed by atoms with Gasteiger partial charge in [-0.25, -0.2) is 0 Å². The van der Waals surface area contributed by atoms with Crippen molar-refractivity contribution in [3.63, 3.8) is 0 Å². The van der Waals surface area contributed by atoms with Crippen molar-refractivity contribution in [1.29, 1.82) is 0 Å². The van der Waals surface area contributed by atoms with E-state index < -0.39 is 0 Å². The van der Waals surface area contributed by atoms with Crippen LogP contribution in [0.15, 0.2) is 24.4 Å². The molecule has 1 aromatic carbocycles. The highest BCUT2D eigenvalue weighted by Gasteiger charge is 2.52. The molecule has 2 aromatic rings. The van der Waals surface area contributed by atoms with E-state index in [-0.39, 0.29) is 11.3 Å². The molecule has 2 aliphatic rings. The van der Waals surface area contributed by atoms with Crippen molar-refractivity contribution in [3.8, 4) is 5.75 Å². The third kappa shape index (κ3) is 2.50. The molecule has 0 radical (unpaired) electrons. The van der Waals surface area contributed by atoms with Crippen LogP contribution in [0.25, 0.3) is 10.9 Å². The summed E-state index contributed by atoms with van der Waals surface area (Å²) in [4.78, 5) is 16.2. The van der Waals surface area contributed by atoms with Gasteiger partial charge in [0.25, 0.3) is 0 Å². The molecular formula is C19H24N2O2. The van der Waals surface area contributed by atoms with E-state index >= 15 is 0 Å². The van der Waals surface area contributed by atoms with E-state index in [1.54, 1.807) is 7.11 Å². The predicted molar refractivity (Wildman–Crippen MR) is 90.8 cm³/mol. The first-order valence-electron chi connectivity index (χ1n) is 8.69. The lowest BCUT2D eigenvalue weighted by Gasteiger charge is -2.25. The number of hydrogen-bond acceptors (Lipinski definition) is 2. The molecule has 0 spiro atoms. The van der Waals surface area contributed by atoms with Crippen LogP contribution in [0.4, 0.5) is 0 Å². The first kappa shape index (κ1) is 14.6. The second kappa shape index (κ2) is 5.59. The Labute approximate surface area is 136 Å². The maximum atomic E-state index is 12.9. The van der Waals surface area contributed by atoms with Gasteiger partial charge in [-0.15, -0.1) is 0 Å². The van der Waals surface area contributed by atoms with Gasteiger partial charge in [-0.3, -0.25) is 4.79 Å². The molecular weight excluding hydrogens is 288 g/mol. The molecule has 0 saturated heterocycles. The highest BCUT2D eigenvalue weighted by atomic mass is 16.5. The van der Waals surface area contributed by atoms with E-state index in [2.05, 4.69) is 10.3 Å². The number of benzene rings is 1. The molecule has 0 aliphatic heterocycles. The standard InChI is InChI=1S/C19H24N2O2/c1-23-14-7-8-17-15(11-14)16(12-20-17)19(9-10-19)18(22)21-13-5-3-2-4-6-13/h7-8,11-13,20H,2-6,9-10H2,1H3,(H,21,22). The average molecular weight is 312 g/mol. The second-order valence-corrected chi connectivity index (χ2v) is 7.00. The van der Waals surface area contributed by atoms with Crippen molar-refractivity contribution in [2.45, 2.75) is 56.4 Å². The molecule has 2 aliphatic carbocycles. The lowest BCUT2D eigenvalue weighted by Crippen LogP contribution is -2.42. The normalized spacial score (nSPS) is 20.4. The van der Waals surface area contributed by atoms with Crippen molar-refractivity contribution < 1.29 is 9.53 Å². The first-order valence-corrected chi connectivity index (χ1v) is 8.69. The Hall–Kier alpha value is -1.97. The van der Waals surface area contributed by atoms with Gasteiger partial charge < -0.3 is 15.0 Å². The number of carbonyl (C=O) groups is 1. The molecule has 23 heavy (non-hydrogen) atoms. The zero-order chi connectivity index (χ0) is 15.9. The zero-order valence-electron chi connectivity index (χ0n) is 13.7.